The molecule has 2 aromatic carbocycles. The summed E-state index contributed by atoms with van der Waals surface area (Å²) in [7, 11) is 1.60. The SMILES string of the molecule is COc1cccc(OC(C)C(=O)NC2CC(C)(C)Oc3ccc(C)cc32)c1. The second-order valence-electron chi connectivity index (χ2n) is 7.61. The number of amides is 1. The minimum absolute atomic E-state index is 0.118. The van der Waals surface area contributed by atoms with E-state index in [1.807, 2.05) is 51.1 Å². The first-order valence-corrected chi connectivity index (χ1v) is 9.18. The van der Waals surface area contributed by atoms with Gasteiger partial charge in [0.2, 0.25) is 0 Å². The quantitative estimate of drug-likeness (QED) is 0.859. The molecule has 1 heterocycles. The van der Waals surface area contributed by atoms with Crippen molar-refractivity contribution in [3.05, 3.63) is 53.6 Å². The van der Waals surface area contributed by atoms with Crippen LogP contribution in [0.2, 0.25) is 0 Å². The summed E-state index contributed by atoms with van der Waals surface area (Å²) in [6.07, 6.45) is 0.0671. The van der Waals surface area contributed by atoms with Gasteiger partial charge in [0.05, 0.1) is 13.2 Å². The smallest absolute Gasteiger partial charge is 0.261 e. The molecule has 1 aliphatic heterocycles. The van der Waals surface area contributed by atoms with Crippen molar-refractivity contribution in [3.8, 4) is 17.2 Å². The molecule has 144 valence electrons. The number of aryl methyl sites for hydroxylation is 1. The van der Waals surface area contributed by atoms with Crippen molar-refractivity contribution in [2.24, 2.45) is 0 Å². The van der Waals surface area contributed by atoms with E-state index in [4.69, 9.17) is 14.2 Å². The van der Waals surface area contributed by atoms with E-state index in [9.17, 15) is 4.79 Å². The van der Waals surface area contributed by atoms with Gasteiger partial charge in [0.25, 0.3) is 5.91 Å². The van der Waals surface area contributed by atoms with E-state index in [-0.39, 0.29) is 17.6 Å². The maximum atomic E-state index is 12.8. The Hall–Kier alpha value is -2.69. The molecular weight excluding hydrogens is 342 g/mol. The van der Waals surface area contributed by atoms with E-state index in [0.29, 0.717) is 17.9 Å². The van der Waals surface area contributed by atoms with Crippen LogP contribution in [0.4, 0.5) is 0 Å². The lowest BCUT2D eigenvalue weighted by Crippen LogP contribution is -2.44. The highest BCUT2D eigenvalue weighted by atomic mass is 16.5. The minimum Gasteiger partial charge on any atom is -0.497 e. The minimum atomic E-state index is -0.628. The maximum Gasteiger partial charge on any atom is 0.261 e. The second kappa shape index (κ2) is 7.51. The number of ether oxygens (including phenoxy) is 3. The lowest BCUT2D eigenvalue weighted by Gasteiger charge is -2.38. The largest absolute Gasteiger partial charge is 0.497 e. The zero-order valence-electron chi connectivity index (χ0n) is 16.5. The van der Waals surface area contributed by atoms with Crippen LogP contribution in [0.5, 0.6) is 17.2 Å². The molecule has 1 N–H and O–H groups in total. The van der Waals surface area contributed by atoms with Gasteiger partial charge in [0, 0.05) is 18.1 Å². The Kier molecular flexibility index (Phi) is 5.31. The molecule has 2 atom stereocenters. The first-order chi connectivity index (χ1) is 12.8. The van der Waals surface area contributed by atoms with Crippen LogP contribution in [0.25, 0.3) is 0 Å². The Morgan fingerprint density at radius 1 is 1.22 bits per heavy atom. The number of carbonyl (C=O) groups is 1. The first-order valence-electron chi connectivity index (χ1n) is 9.18. The third-order valence-corrected chi connectivity index (χ3v) is 4.66. The number of hydrogen-bond donors (Lipinski definition) is 1. The van der Waals surface area contributed by atoms with Gasteiger partial charge in [-0.1, -0.05) is 23.8 Å². The molecule has 27 heavy (non-hydrogen) atoms. The van der Waals surface area contributed by atoms with Crippen molar-refractivity contribution < 1.29 is 19.0 Å². The van der Waals surface area contributed by atoms with Gasteiger partial charge in [-0.05, 0) is 45.9 Å². The standard InChI is InChI=1S/C22H27NO4/c1-14-9-10-20-18(11-14)19(13-22(3,4)27-20)23-21(24)15(2)26-17-8-6-7-16(12-17)25-5/h6-12,15,19H,13H2,1-5H3,(H,23,24). The molecule has 1 aliphatic rings. The highest BCUT2D eigenvalue weighted by molar-refractivity contribution is 5.81. The molecule has 2 aromatic rings. The van der Waals surface area contributed by atoms with Gasteiger partial charge >= 0.3 is 0 Å². The molecule has 0 spiro atoms. The molecule has 0 saturated heterocycles. The molecule has 0 saturated carbocycles. The molecule has 0 fully saturated rings. The van der Waals surface area contributed by atoms with Crippen molar-refractivity contribution in [2.75, 3.05) is 7.11 Å². The second-order valence-corrected chi connectivity index (χ2v) is 7.61. The van der Waals surface area contributed by atoms with Gasteiger partial charge < -0.3 is 19.5 Å². The van der Waals surface area contributed by atoms with Crippen LogP contribution in [0.3, 0.4) is 0 Å². The predicted octanol–water partition coefficient (Wildman–Crippen LogP) is 4.19. The van der Waals surface area contributed by atoms with Crippen LogP contribution >= 0.6 is 0 Å². The van der Waals surface area contributed by atoms with Gasteiger partial charge in [-0.15, -0.1) is 0 Å². The average molecular weight is 369 g/mol. The van der Waals surface area contributed by atoms with Gasteiger partial charge in [0.15, 0.2) is 6.10 Å². The van der Waals surface area contributed by atoms with Gasteiger partial charge in [-0.25, -0.2) is 0 Å². The first kappa shape index (κ1) is 19.1. The molecule has 3 rings (SSSR count). The summed E-state index contributed by atoms with van der Waals surface area (Å²) in [5.74, 6) is 1.95. The van der Waals surface area contributed by atoms with Crippen LogP contribution in [0.1, 0.15) is 44.4 Å². The number of fused-ring (bicyclic) bond motifs is 1. The fourth-order valence-electron chi connectivity index (χ4n) is 3.32. The van der Waals surface area contributed by atoms with Crippen molar-refractivity contribution >= 4 is 5.91 Å². The van der Waals surface area contributed by atoms with E-state index in [1.165, 1.54) is 0 Å². The summed E-state index contributed by atoms with van der Waals surface area (Å²) in [4.78, 5) is 12.8. The normalized spacial score (nSPS) is 18.6. The van der Waals surface area contributed by atoms with E-state index in [0.717, 1.165) is 16.9 Å². The molecule has 0 bridgehead atoms. The summed E-state index contributed by atoms with van der Waals surface area (Å²) in [6, 6.07) is 13.2. The molecule has 0 radical (unpaired) electrons. The fourth-order valence-corrected chi connectivity index (χ4v) is 3.32. The van der Waals surface area contributed by atoms with Crippen molar-refractivity contribution in [1.82, 2.24) is 5.32 Å². The molecule has 2 unspecified atom stereocenters. The van der Waals surface area contributed by atoms with E-state index >= 15 is 0 Å². The number of carbonyl (C=O) groups excluding carboxylic acids is 1. The number of methoxy groups -OCH3 is 1. The Bertz CT molecular complexity index is 831. The Morgan fingerprint density at radius 2 is 1.96 bits per heavy atom. The van der Waals surface area contributed by atoms with E-state index < -0.39 is 6.10 Å². The number of hydrogen-bond acceptors (Lipinski definition) is 4. The predicted molar refractivity (Wildman–Crippen MR) is 104 cm³/mol. The van der Waals surface area contributed by atoms with Crippen LogP contribution in [0, 0.1) is 6.92 Å². The van der Waals surface area contributed by atoms with Crippen molar-refractivity contribution in [3.63, 3.8) is 0 Å². The van der Waals surface area contributed by atoms with E-state index in [2.05, 4.69) is 11.4 Å². The third kappa shape index (κ3) is 4.54. The van der Waals surface area contributed by atoms with E-state index in [1.54, 1.807) is 20.1 Å². The lowest BCUT2D eigenvalue weighted by atomic mass is 9.89. The Labute approximate surface area is 160 Å². The van der Waals surface area contributed by atoms with Crippen molar-refractivity contribution in [1.29, 1.82) is 0 Å². The van der Waals surface area contributed by atoms with Crippen LogP contribution in [0.15, 0.2) is 42.5 Å². The monoisotopic (exact) mass is 369 g/mol. The molecular formula is C22H27NO4. The number of rotatable bonds is 5. The summed E-state index contributed by atoms with van der Waals surface area (Å²) in [5.41, 5.74) is 1.80. The van der Waals surface area contributed by atoms with Crippen LogP contribution < -0.4 is 19.5 Å². The zero-order chi connectivity index (χ0) is 19.6. The molecule has 5 nitrogen and oxygen atoms in total. The summed E-state index contributed by atoms with van der Waals surface area (Å²) >= 11 is 0. The zero-order valence-corrected chi connectivity index (χ0v) is 16.5. The number of benzene rings is 2. The topological polar surface area (TPSA) is 56.8 Å². The highest BCUT2D eigenvalue weighted by Gasteiger charge is 2.35. The lowest BCUT2D eigenvalue weighted by molar-refractivity contribution is -0.128. The molecule has 5 heteroatoms. The highest BCUT2D eigenvalue weighted by Crippen LogP contribution is 2.39. The van der Waals surface area contributed by atoms with Gasteiger partial charge in [-0.2, -0.15) is 0 Å². The summed E-state index contributed by atoms with van der Waals surface area (Å²) < 4.78 is 17.1. The van der Waals surface area contributed by atoms with Crippen LogP contribution in [-0.4, -0.2) is 24.7 Å². The molecule has 0 aromatic heterocycles. The van der Waals surface area contributed by atoms with Gasteiger partial charge in [-0.3, -0.25) is 4.79 Å². The summed E-state index contributed by atoms with van der Waals surface area (Å²) in [6.45, 7) is 7.85. The third-order valence-electron chi connectivity index (χ3n) is 4.66. The number of nitrogens with one attached hydrogen (secondary N) is 1. The fraction of sp³-hybridized carbons (Fsp3) is 0.409. The van der Waals surface area contributed by atoms with Crippen LogP contribution in [-0.2, 0) is 4.79 Å². The van der Waals surface area contributed by atoms with Gasteiger partial charge in [0.1, 0.15) is 22.8 Å². The summed E-state index contributed by atoms with van der Waals surface area (Å²) in [5, 5.41) is 3.13. The van der Waals surface area contributed by atoms with Crippen molar-refractivity contribution in [2.45, 2.75) is 51.9 Å². The Balaban J connectivity index is 1.74. The molecule has 1 amide bonds. The molecule has 0 aliphatic carbocycles. The maximum absolute atomic E-state index is 12.8. The average Bonchev–Trinajstić information content (AvgIpc) is 2.61. The Morgan fingerprint density at radius 3 is 2.70 bits per heavy atom.